The highest BCUT2D eigenvalue weighted by Gasteiger charge is 2.35. The van der Waals surface area contributed by atoms with Crippen molar-refractivity contribution in [1.29, 1.82) is 0 Å². The van der Waals surface area contributed by atoms with Gasteiger partial charge in [-0.05, 0) is 29.7 Å². The lowest BCUT2D eigenvalue weighted by atomic mass is 9.74. The first-order valence-electron chi connectivity index (χ1n) is 9.49. The number of Topliss-reactive ketones (excluding diaryl/α,β-unsaturated/α-hetero) is 1. The van der Waals surface area contributed by atoms with Crippen LogP contribution in [0.5, 0.6) is 0 Å². The maximum absolute atomic E-state index is 13.1. The van der Waals surface area contributed by atoms with E-state index in [-0.39, 0.29) is 16.8 Å². The van der Waals surface area contributed by atoms with Crippen LogP contribution in [0.3, 0.4) is 0 Å². The number of pyridine rings is 1. The Morgan fingerprint density at radius 1 is 1.25 bits per heavy atom. The zero-order valence-corrected chi connectivity index (χ0v) is 18.1. The minimum absolute atomic E-state index is 0.0570. The number of aromatic amines is 1. The first-order chi connectivity index (χ1) is 13.3. The summed E-state index contributed by atoms with van der Waals surface area (Å²) in [5.74, 6) is 0.0570. The molecule has 3 heterocycles. The van der Waals surface area contributed by atoms with Crippen LogP contribution in [0.15, 0.2) is 27.5 Å². The van der Waals surface area contributed by atoms with Crippen LogP contribution in [0.25, 0.3) is 21.5 Å². The van der Waals surface area contributed by atoms with Gasteiger partial charge in [-0.15, -0.1) is 11.3 Å². The van der Waals surface area contributed by atoms with Crippen LogP contribution < -0.4 is 5.56 Å². The van der Waals surface area contributed by atoms with E-state index >= 15 is 0 Å². The summed E-state index contributed by atoms with van der Waals surface area (Å²) in [6, 6.07) is 3.89. The molecule has 0 spiro atoms. The molecule has 1 aliphatic carbocycles. The monoisotopic (exact) mass is 413 g/mol. The molecule has 1 N–H and O–H groups in total. The van der Waals surface area contributed by atoms with Crippen molar-refractivity contribution in [3.63, 3.8) is 0 Å². The van der Waals surface area contributed by atoms with Crippen molar-refractivity contribution in [3.05, 3.63) is 39.1 Å². The zero-order valence-electron chi connectivity index (χ0n) is 16.5. The van der Waals surface area contributed by atoms with E-state index in [4.69, 9.17) is 4.98 Å². The number of thioether (sulfide) groups is 1. The number of nitrogens with zero attached hydrogens (tertiary/aromatic N) is 2. The SMILES string of the molecule is CCC(C)Sc1nc2nc3c(c(-c4cccs4)c2c(=O)[nH]1)C(=O)CC(C)(C)C3. The van der Waals surface area contributed by atoms with E-state index in [1.54, 1.807) is 11.8 Å². The number of hydrogen-bond donors (Lipinski definition) is 1. The number of rotatable bonds is 4. The van der Waals surface area contributed by atoms with Crippen LogP contribution in [0, 0.1) is 5.41 Å². The third-order valence-corrected chi connectivity index (χ3v) is 7.17. The van der Waals surface area contributed by atoms with E-state index in [0.717, 1.165) is 17.0 Å². The van der Waals surface area contributed by atoms with Crippen molar-refractivity contribution in [3.8, 4) is 10.4 Å². The normalized spacial score (nSPS) is 16.9. The third-order valence-electron chi connectivity index (χ3n) is 5.13. The van der Waals surface area contributed by atoms with Gasteiger partial charge in [-0.25, -0.2) is 9.97 Å². The number of H-pyrrole nitrogens is 1. The number of ketones is 1. The van der Waals surface area contributed by atoms with E-state index in [0.29, 0.717) is 45.4 Å². The molecule has 146 valence electrons. The lowest BCUT2D eigenvalue weighted by Gasteiger charge is -2.30. The standard InChI is InChI=1S/C21H23N3O2S2/c1-5-11(2)28-20-23-18-17(19(26)24-20)16(14-7-6-8-27-14)15-12(22-18)9-21(3,4)10-13(15)25/h6-8,11H,5,9-10H2,1-4H3,(H,22,23,24,26). The highest BCUT2D eigenvalue weighted by atomic mass is 32.2. The van der Waals surface area contributed by atoms with Crippen molar-refractivity contribution in [2.75, 3.05) is 0 Å². The minimum atomic E-state index is -0.230. The van der Waals surface area contributed by atoms with Crippen molar-refractivity contribution in [1.82, 2.24) is 15.0 Å². The molecule has 4 rings (SSSR count). The summed E-state index contributed by atoms with van der Waals surface area (Å²) < 4.78 is 0. The average molecular weight is 414 g/mol. The van der Waals surface area contributed by atoms with E-state index < -0.39 is 0 Å². The Morgan fingerprint density at radius 2 is 2.04 bits per heavy atom. The Bertz CT molecular complexity index is 1120. The molecule has 0 fully saturated rings. The van der Waals surface area contributed by atoms with Crippen molar-refractivity contribution in [2.24, 2.45) is 5.41 Å². The summed E-state index contributed by atoms with van der Waals surface area (Å²) in [4.78, 5) is 39.3. The number of carbonyl (C=O) groups excluding carboxylic acids is 1. The zero-order chi connectivity index (χ0) is 20.1. The van der Waals surface area contributed by atoms with Crippen LogP contribution in [0.1, 0.15) is 56.6 Å². The molecule has 0 aliphatic heterocycles. The van der Waals surface area contributed by atoms with Gasteiger partial charge in [-0.1, -0.05) is 45.5 Å². The second-order valence-electron chi connectivity index (χ2n) is 8.13. The van der Waals surface area contributed by atoms with Gasteiger partial charge >= 0.3 is 0 Å². The predicted molar refractivity (Wildman–Crippen MR) is 116 cm³/mol. The summed E-state index contributed by atoms with van der Waals surface area (Å²) >= 11 is 3.07. The molecule has 0 saturated heterocycles. The van der Waals surface area contributed by atoms with Gasteiger partial charge in [0, 0.05) is 27.7 Å². The Morgan fingerprint density at radius 3 is 2.71 bits per heavy atom. The minimum Gasteiger partial charge on any atom is -0.301 e. The van der Waals surface area contributed by atoms with Gasteiger partial charge in [0.1, 0.15) is 0 Å². The molecule has 0 radical (unpaired) electrons. The largest absolute Gasteiger partial charge is 0.301 e. The molecule has 0 saturated carbocycles. The summed E-state index contributed by atoms with van der Waals surface area (Å²) in [5.41, 5.74) is 2.12. The van der Waals surface area contributed by atoms with Gasteiger partial charge in [0.15, 0.2) is 16.6 Å². The molecular formula is C21H23N3O2S2. The molecule has 28 heavy (non-hydrogen) atoms. The highest BCUT2D eigenvalue weighted by molar-refractivity contribution is 7.99. The molecule has 0 amide bonds. The van der Waals surface area contributed by atoms with Crippen LogP contribution in [0.2, 0.25) is 0 Å². The van der Waals surface area contributed by atoms with Gasteiger partial charge in [0.2, 0.25) is 0 Å². The van der Waals surface area contributed by atoms with Crippen LogP contribution in [-0.2, 0) is 6.42 Å². The first kappa shape index (κ1) is 19.3. The molecule has 3 aromatic rings. The molecule has 5 nitrogen and oxygen atoms in total. The Kier molecular flexibility index (Phi) is 4.91. The fourth-order valence-corrected chi connectivity index (χ4v) is 5.29. The third kappa shape index (κ3) is 3.42. The second-order valence-corrected chi connectivity index (χ2v) is 10.5. The number of carbonyl (C=O) groups is 1. The van der Waals surface area contributed by atoms with Crippen LogP contribution in [0.4, 0.5) is 0 Å². The Labute approximate surface area is 172 Å². The van der Waals surface area contributed by atoms with E-state index in [1.165, 1.54) is 11.3 Å². The molecule has 1 atom stereocenters. The van der Waals surface area contributed by atoms with Gasteiger partial charge in [0.05, 0.1) is 11.1 Å². The van der Waals surface area contributed by atoms with Gasteiger partial charge in [-0.3, -0.25) is 9.59 Å². The lowest BCUT2D eigenvalue weighted by Crippen LogP contribution is -2.29. The van der Waals surface area contributed by atoms with E-state index in [2.05, 4.69) is 37.7 Å². The molecule has 0 bridgehead atoms. The molecular weight excluding hydrogens is 390 g/mol. The van der Waals surface area contributed by atoms with Gasteiger partial charge in [-0.2, -0.15) is 0 Å². The smallest absolute Gasteiger partial charge is 0.261 e. The summed E-state index contributed by atoms with van der Waals surface area (Å²) in [5, 5.41) is 3.30. The fourth-order valence-electron chi connectivity index (χ4n) is 3.66. The number of fused-ring (bicyclic) bond motifs is 2. The summed E-state index contributed by atoms with van der Waals surface area (Å²) in [6.07, 6.45) is 2.14. The Balaban J connectivity index is 2.04. The predicted octanol–water partition coefficient (Wildman–Crippen LogP) is 5.09. The molecule has 1 aliphatic rings. The lowest BCUT2D eigenvalue weighted by molar-refractivity contribution is 0.0911. The van der Waals surface area contributed by atoms with Crippen LogP contribution in [-0.4, -0.2) is 26.0 Å². The topological polar surface area (TPSA) is 75.7 Å². The van der Waals surface area contributed by atoms with Crippen molar-refractivity contribution >= 4 is 39.9 Å². The Hall–Kier alpha value is -1.99. The molecule has 7 heteroatoms. The molecule has 1 unspecified atom stereocenters. The second kappa shape index (κ2) is 7.12. The fraction of sp³-hybridized carbons (Fsp3) is 0.429. The summed E-state index contributed by atoms with van der Waals surface area (Å²) in [6.45, 7) is 8.38. The van der Waals surface area contributed by atoms with Crippen molar-refractivity contribution < 1.29 is 4.79 Å². The number of nitrogens with one attached hydrogen (secondary N) is 1. The van der Waals surface area contributed by atoms with E-state index in [9.17, 15) is 9.59 Å². The van der Waals surface area contributed by atoms with Crippen LogP contribution >= 0.6 is 23.1 Å². The molecule has 3 aromatic heterocycles. The number of aromatic nitrogens is 3. The van der Waals surface area contributed by atoms with Gasteiger partial charge < -0.3 is 4.98 Å². The highest BCUT2D eigenvalue weighted by Crippen LogP contribution is 2.41. The summed E-state index contributed by atoms with van der Waals surface area (Å²) in [7, 11) is 0. The first-order valence-corrected chi connectivity index (χ1v) is 11.3. The number of hydrogen-bond acceptors (Lipinski definition) is 6. The maximum atomic E-state index is 13.1. The quantitative estimate of drug-likeness (QED) is 0.476. The van der Waals surface area contributed by atoms with E-state index in [1.807, 2.05) is 17.5 Å². The maximum Gasteiger partial charge on any atom is 0.261 e. The van der Waals surface area contributed by atoms with Gasteiger partial charge in [0.25, 0.3) is 5.56 Å². The average Bonchev–Trinajstić information content (AvgIpc) is 3.12. The number of thiophene rings is 1. The van der Waals surface area contributed by atoms with Crippen molar-refractivity contribution in [2.45, 2.75) is 57.4 Å². The molecule has 0 aromatic carbocycles.